The number of nitrogens with two attached hydrogens (primary N) is 1. The summed E-state index contributed by atoms with van der Waals surface area (Å²) in [6.45, 7) is 1.96. The second-order valence-corrected chi connectivity index (χ2v) is 2.68. The van der Waals surface area contributed by atoms with Gasteiger partial charge in [-0.15, -0.1) is 0 Å². The fourth-order valence-electron chi connectivity index (χ4n) is 0.997. The lowest BCUT2D eigenvalue weighted by Crippen LogP contribution is -2.10. The van der Waals surface area contributed by atoms with Crippen molar-refractivity contribution in [3.63, 3.8) is 0 Å². The normalized spacial score (nSPS) is 9.86. The van der Waals surface area contributed by atoms with Crippen LogP contribution in [-0.4, -0.2) is 17.6 Å². The molecule has 0 spiro atoms. The molecule has 0 aromatic carbocycles. The molecule has 0 atom stereocenters. The summed E-state index contributed by atoms with van der Waals surface area (Å²) in [4.78, 5) is 14.7. The summed E-state index contributed by atoms with van der Waals surface area (Å²) < 4.78 is 17.9. The number of nitrogens with zero attached hydrogens (tertiary/aromatic N) is 1. The number of nitrogen functional groups attached to an aromatic ring is 1. The Balaban J connectivity index is 2.76. The van der Waals surface area contributed by atoms with Crippen LogP contribution in [0, 0.1) is 5.82 Å². The van der Waals surface area contributed by atoms with Gasteiger partial charge in [-0.3, -0.25) is 9.78 Å². The molecular formula is C9H11FN2O2. The van der Waals surface area contributed by atoms with Crippen LogP contribution in [0.4, 0.5) is 10.1 Å². The van der Waals surface area contributed by atoms with Gasteiger partial charge in [-0.2, -0.15) is 0 Å². The highest BCUT2D eigenvalue weighted by Gasteiger charge is 2.11. The molecule has 0 amide bonds. The number of halogens is 1. The van der Waals surface area contributed by atoms with Gasteiger partial charge in [0, 0.05) is 11.8 Å². The molecular weight excluding hydrogens is 187 g/mol. The Morgan fingerprint density at radius 1 is 1.64 bits per heavy atom. The summed E-state index contributed by atoms with van der Waals surface area (Å²) in [5.41, 5.74) is 5.37. The van der Waals surface area contributed by atoms with Gasteiger partial charge in [0.25, 0.3) is 0 Å². The van der Waals surface area contributed by atoms with E-state index in [1.165, 1.54) is 12.4 Å². The van der Waals surface area contributed by atoms with Gasteiger partial charge in [0.15, 0.2) is 5.82 Å². The molecule has 0 aliphatic rings. The number of pyridine rings is 1. The summed E-state index contributed by atoms with van der Waals surface area (Å²) >= 11 is 0. The third-order valence-corrected chi connectivity index (χ3v) is 1.62. The molecule has 0 bridgehead atoms. The van der Waals surface area contributed by atoms with Gasteiger partial charge in [-0.05, 0) is 6.92 Å². The number of carbonyl (C=O) groups is 1. The predicted molar refractivity (Wildman–Crippen MR) is 48.9 cm³/mol. The SMILES string of the molecule is CCOC(=O)Cc1cncc(N)c1F. The van der Waals surface area contributed by atoms with Crippen LogP contribution in [0.2, 0.25) is 0 Å². The molecule has 1 heterocycles. The number of hydrogen-bond donors (Lipinski definition) is 1. The Bertz CT molecular complexity index is 342. The first kappa shape index (κ1) is 10.4. The highest BCUT2D eigenvalue weighted by atomic mass is 19.1. The fourth-order valence-corrected chi connectivity index (χ4v) is 0.997. The third-order valence-electron chi connectivity index (χ3n) is 1.62. The van der Waals surface area contributed by atoms with Gasteiger partial charge in [-0.25, -0.2) is 4.39 Å². The first-order valence-corrected chi connectivity index (χ1v) is 4.18. The van der Waals surface area contributed by atoms with E-state index in [2.05, 4.69) is 9.72 Å². The summed E-state index contributed by atoms with van der Waals surface area (Å²) in [6.07, 6.45) is 2.32. The molecule has 5 heteroatoms. The van der Waals surface area contributed by atoms with Gasteiger partial charge in [0.1, 0.15) is 0 Å². The second kappa shape index (κ2) is 4.55. The molecule has 2 N–H and O–H groups in total. The smallest absolute Gasteiger partial charge is 0.310 e. The van der Waals surface area contributed by atoms with Crippen molar-refractivity contribution in [2.75, 3.05) is 12.3 Å². The molecule has 4 nitrogen and oxygen atoms in total. The highest BCUT2D eigenvalue weighted by Crippen LogP contribution is 2.13. The van der Waals surface area contributed by atoms with Crippen LogP contribution in [-0.2, 0) is 16.0 Å². The van der Waals surface area contributed by atoms with Crippen molar-refractivity contribution in [1.82, 2.24) is 4.98 Å². The largest absolute Gasteiger partial charge is 0.466 e. The van der Waals surface area contributed by atoms with Gasteiger partial charge < -0.3 is 10.5 Å². The summed E-state index contributed by atoms with van der Waals surface area (Å²) in [5, 5.41) is 0. The average molecular weight is 198 g/mol. The van der Waals surface area contributed by atoms with Crippen molar-refractivity contribution >= 4 is 11.7 Å². The molecule has 1 aromatic rings. The fraction of sp³-hybridized carbons (Fsp3) is 0.333. The first-order valence-electron chi connectivity index (χ1n) is 4.18. The molecule has 0 radical (unpaired) electrons. The minimum Gasteiger partial charge on any atom is -0.466 e. The quantitative estimate of drug-likeness (QED) is 0.733. The van der Waals surface area contributed by atoms with E-state index < -0.39 is 11.8 Å². The summed E-state index contributed by atoms with van der Waals surface area (Å²) in [5.74, 6) is -1.09. The van der Waals surface area contributed by atoms with Gasteiger partial charge >= 0.3 is 5.97 Å². The number of anilines is 1. The lowest BCUT2D eigenvalue weighted by molar-refractivity contribution is -0.142. The minimum atomic E-state index is -0.604. The van der Waals surface area contributed by atoms with Crippen molar-refractivity contribution in [1.29, 1.82) is 0 Å². The van der Waals surface area contributed by atoms with E-state index in [-0.39, 0.29) is 24.3 Å². The van der Waals surface area contributed by atoms with Crippen molar-refractivity contribution in [3.8, 4) is 0 Å². The Morgan fingerprint density at radius 2 is 2.36 bits per heavy atom. The highest BCUT2D eigenvalue weighted by molar-refractivity contribution is 5.72. The maximum absolute atomic E-state index is 13.2. The number of aromatic nitrogens is 1. The number of hydrogen-bond acceptors (Lipinski definition) is 4. The molecule has 0 fully saturated rings. The second-order valence-electron chi connectivity index (χ2n) is 2.68. The predicted octanol–water partition coefficient (Wildman–Crippen LogP) is 0.909. The molecule has 76 valence electrons. The van der Waals surface area contributed by atoms with Crippen molar-refractivity contribution in [3.05, 3.63) is 23.8 Å². The van der Waals surface area contributed by atoms with E-state index >= 15 is 0 Å². The Kier molecular flexibility index (Phi) is 3.39. The standard InChI is InChI=1S/C9H11FN2O2/c1-2-14-8(13)3-6-4-12-5-7(11)9(6)10/h4-5H,2-3,11H2,1H3. The van der Waals surface area contributed by atoms with Gasteiger partial charge in [0.05, 0.1) is 24.9 Å². The van der Waals surface area contributed by atoms with E-state index in [4.69, 9.17) is 5.73 Å². The average Bonchev–Trinajstić information content (AvgIpc) is 2.13. The van der Waals surface area contributed by atoms with E-state index in [1.54, 1.807) is 6.92 Å². The molecule has 14 heavy (non-hydrogen) atoms. The Morgan fingerprint density at radius 3 is 3.00 bits per heavy atom. The van der Waals surface area contributed by atoms with Gasteiger partial charge in [0.2, 0.25) is 0 Å². The molecule has 0 saturated heterocycles. The van der Waals surface area contributed by atoms with Gasteiger partial charge in [-0.1, -0.05) is 0 Å². The molecule has 0 aliphatic heterocycles. The number of esters is 1. The summed E-state index contributed by atoms with van der Waals surface area (Å²) in [7, 11) is 0. The van der Waals surface area contributed by atoms with E-state index in [9.17, 15) is 9.18 Å². The minimum absolute atomic E-state index is 0.0631. The van der Waals surface area contributed by atoms with Crippen LogP contribution in [0.25, 0.3) is 0 Å². The van der Waals surface area contributed by atoms with Crippen molar-refractivity contribution in [2.45, 2.75) is 13.3 Å². The first-order chi connectivity index (χ1) is 6.65. The number of carbonyl (C=O) groups excluding carboxylic acids is 1. The Hall–Kier alpha value is -1.65. The van der Waals surface area contributed by atoms with E-state index in [1.807, 2.05) is 0 Å². The number of rotatable bonds is 3. The van der Waals surface area contributed by atoms with Crippen LogP contribution >= 0.6 is 0 Å². The van der Waals surface area contributed by atoms with Crippen LogP contribution in [0.1, 0.15) is 12.5 Å². The third kappa shape index (κ3) is 2.42. The van der Waals surface area contributed by atoms with Crippen LogP contribution in [0.15, 0.2) is 12.4 Å². The number of ether oxygens (including phenoxy) is 1. The maximum Gasteiger partial charge on any atom is 0.310 e. The molecule has 0 unspecified atom stereocenters. The van der Waals surface area contributed by atoms with Crippen molar-refractivity contribution in [2.24, 2.45) is 0 Å². The lowest BCUT2D eigenvalue weighted by Gasteiger charge is -2.04. The maximum atomic E-state index is 13.2. The topological polar surface area (TPSA) is 65.2 Å². The molecule has 1 rings (SSSR count). The molecule has 0 saturated carbocycles. The lowest BCUT2D eigenvalue weighted by atomic mass is 10.2. The zero-order valence-corrected chi connectivity index (χ0v) is 7.79. The van der Waals surface area contributed by atoms with Crippen LogP contribution in [0.3, 0.4) is 0 Å². The van der Waals surface area contributed by atoms with E-state index in [0.717, 1.165) is 0 Å². The summed E-state index contributed by atoms with van der Waals surface area (Å²) in [6, 6.07) is 0. The van der Waals surface area contributed by atoms with Crippen LogP contribution in [0.5, 0.6) is 0 Å². The van der Waals surface area contributed by atoms with Crippen molar-refractivity contribution < 1.29 is 13.9 Å². The molecule has 0 aliphatic carbocycles. The van der Waals surface area contributed by atoms with Crippen LogP contribution < -0.4 is 5.73 Å². The Labute approximate surface area is 80.9 Å². The van der Waals surface area contributed by atoms with E-state index in [0.29, 0.717) is 0 Å². The zero-order chi connectivity index (χ0) is 10.6. The molecule has 1 aromatic heterocycles. The monoisotopic (exact) mass is 198 g/mol. The zero-order valence-electron chi connectivity index (χ0n) is 7.79.